The minimum atomic E-state index is 0. The van der Waals surface area contributed by atoms with E-state index in [9.17, 15) is 5.11 Å². The van der Waals surface area contributed by atoms with E-state index in [1.807, 2.05) is 6.07 Å². The second kappa shape index (κ2) is 7.66. The lowest BCUT2D eigenvalue weighted by Crippen LogP contribution is -2.07. The molecule has 118 valence electrons. The van der Waals surface area contributed by atoms with E-state index >= 15 is 0 Å². The molecule has 0 radical (unpaired) electrons. The molecule has 0 aliphatic rings. The molecule has 0 saturated carbocycles. The van der Waals surface area contributed by atoms with Gasteiger partial charge in [-0.05, 0) is 37.8 Å². The lowest BCUT2D eigenvalue weighted by molar-refractivity contribution is 0.271. The van der Waals surface area contributed by atoms with Gasteiger partial charge in [0.2, 0.25) is 5.88 Å². The fraction of sp³-hybridized carbons (Fsp3) is 0.562. The van der Waals surface area contributed by atoms with Crippen LogP contribution in [0.15, 0.2) is 12.3 Å². The highest BCUT2D eigenvalue weighted by Crippen LogP contribution is 2.30. The first kappa shape index (κ1) is 17.8. The Labute approximate surface area is 132 Å². The predicted molar refractivity (Wildman–Crippen MR) is 88.5 cm³/mol. The fourth-order valence-corrected chi connectivity index (χ4v) is 2.44. The molecule has 1 N–H and O–H groups in total. The molecular formula is C16H25ClN2O2. The maximum Gasteiger partial charge on any atom is 0.238 e. The largest absolute Gasteiger partial charge is 0.476 e. The van der Waals surface area contributed by atoms with Crippen LogP contribution in [0.4, 0.5) is 0 Å². The van der Waals surface area contributed by atoms with Crippen LogP contribution in [0.2, 0.25) is 0 Å². The summed E-state index contributed by atoms with van der Waals surface area (Å²) in [5.74, 6) is 1.29. The Morgan fingerprint density at radius 1 is 1.33 bits per heavy atom. The highest BCUT2D eigenvalue weighted by molar-refractivity contribution is 5.88. The average molecular weight is 313 g/mol. The molecule has 0 bridgehead atoms. The lowest BCUT2D eigenvalue weighted by Gasteiger charge is -2.11. The Kier molecular flexibility index (Phi) is 6.49. The first-order chi connectivity index (χ1) is 9.56. The van der Waals surface area contributed by atoms with Crippen LogP contribution in [0, 0.1) is 19.8 Å². The Bertz CT molecular complexity index is 593. The van der Waals surface area contributed by atoms with Crippen molar-refractivity contribution in [3.63, 3.8) is 0 Å². The van der Waals surface area contributed by atoms with Crippen molar-refractivity contribution in [2.75, 3.05) is 13.2 Å². The Balaban J connectivity index is 0.00000220. The molecule has 2 aromatic rings. The van der Waals surface area contributed by atoms with E-state index in [1.54, 1.807) is 6.20 Å². The minimum absolute atomic E-state index is 0. The minimum Gasteiger partial charge on any atom is -0.476 e. The second-order valence-electron chi connectivity index (χ2n) is 5.63. The molecule has 0 unspecified atom stereocenters. The second-order valence-corrected chi connectivity index (χ2v) is 5.63. The Hall–Kier alpha value is -1.26. The summed E-state index contributed by atoms with van der Waals surface area (Å²) in [5.41, 5.74) is 3.39. The maximum absolute atomic E-state index is 9.27. The molecule has 4 nitrogen and oxygen atoms in total. The fourth-order valence-electron chi connectivity index (χ4n) is 2.44. The highest BCUT2D eigenvalue weighted by atomic mass is 35.5. The van der Waals surface area contributed by atoms with Crippen LogP contribution in [0.25, 0.3) is 10.9 Å². The first-order valence-electron chi connectivity index (χ1n) is 7.24. The van der Waals surface area contributed by atoms with Crippen LogP contribution in [0.5, 0.6) is 5.88 Å². The van der Waals surface area contributed by atoms with Crippen molar-refractivity contribution in [3.8, 4) is 5.88 Å². The molecule has 0 atom stereocenters. The van der Waals surface area contributed by atoms with Crippen LogP contribution >= 0.6 is 12.4 Å². The summed E-state index contributed by atoms with van der Waals surface area (Å²) >= 11 is 0. The number of rotatable bonds is 6. The van der Waals surface area contributed by atoms with E-state index in [2.05, 4.69) is 37.2 Å². The zero-order chi connectivity index (χ0) is 14.7. The van der Waals surface area contributed by atoms with Gasteiger partial charge in [-0.2, -0.15) is 0 Å². The van der Waals surface area contributed by atoms with Crippen molar-refractivity contribution in [3.05, 3.63) is 23.5 Å². The number of fused-ring (bicyclic) bond motifs is 1. The van der Waals surface area contributed by atoms with Gasteiger partial charge in [-0.15, -0.1) is 12.4 Å². The van der Waals surface area contributed by atoms with Gasteiger partial charge in [0.05, 0.1) is 13.2 Å². The Morgan fingerprint density at radius 2 is 2.05 bits per heavy atom. The third kappa shape index (κ3) is 3.69. The third-order valence-electron chi connectivity index (χ3n) is 3.77. The molecule has 0 aromatic carbocycles. The summed E-state index contributed by atoms with van der Waals surface area (Å²) in [6, 6.07) is 2.01. The Morgan fingerprint density at radius 3 is 2.67 bits per heavy atom. The number of ether oxygens (including phenoxy) is 1. The normalized spacial score (nSPS) is 11.0. The van der Waals surface area contributed by atoms with Gasteiger partial charge in [-0.25, -0.2) is 4.98 Å². The number of aromatic nitrogens is 2. The number of nitrogens with zero attached hydrogens (tertiary/aromatic N) is 2. The van der Waals surface area contributed by atoms with Gasteiger partial charge in [0.1, 0.15) is 5.52 Å². The van der Waals surface area contributed by atoms with E-state index in [-0.39, 0.29) is 19.0 Å². The highest BCUT2D eigenvalue weighted by Gasteiger charge is 2.15. The van der Waals surface area contributed by atoms with Gasteiger partial charge in [0, 0.05) is 23.8 Å². The standard InChI is InChI=1S/C16H24N2O2.ClH/c1-11(2)6-10-20-16-15-14(5-7-17-16)12(3)13(4)18(15)8-9-19;/h5,7,11,19H,6,8-10H2,1-4H3;1H. The zero-order valence-corrected chi connectivity index (χ0v) is 14.0. The molecule has 2 heterocycles. The topological polar surface area (TPSA) is 47.3 Å². The van der Waals surface area contributed by atoms with E-state index in [0.717, 1.165) is 23.0 Å². The van der Waals surface area contributed by atoms with E-state index in [4.69, 9.17) is 4.74 Å². The van der Waals surface area contributed by atoms with Gasteiger partial charge >= 0.3 is 0 Å². The van der Waals surface area contributed by atoms with Crippen molar-refractivity contribution in [2.24, 2.45) is 5.92 Å². The molecule has 5 heteroatoms. The molecule has 21 heavy (non-hydrogen) atoms. The number of halogens is 1. The van der Waals surface area contributed by atoms with Gasteiger partial charge in [0.25, 0.3) is 0 Å². The van der Waals surface area contributed by atoms with Crippen LogP contribution in [-0.2, 0) is 6.54 Å². The van der Waals surface area contributed by atoms with Crippen LogP contribution < -0.4 is 4.74 Å². The van der Waals surface area contributed by atoms with Crippen molar-refractivity contribution in [2.45, 2.75) is 40.7 Å². The van der Waals surface area contributed by atoms with E-state index in [1.165, 1.54) is 5.56 Å². The van der Waals surface area contributed by atoms with Crippen LogP contribution in [0.1, 0.15) is 31.5 Å². The molecule has 0 fully saturated rings. The summed E-state index contributed by atoms with van der Waals surface area (Å²) in [6.45, 7) is 9.89. The van der Waals surface area contributed by atoms with Crippen molar-refractivity contribution >= 4 is 23.3 Å². The van der Waals surface area contributed by atoms with Crippen molar-refractivity contribution in [1.82, 2.24) is 9.55 Å². The zero-order valence-electron chi connectivity index (χ0n) is 13.2. The predicted octanol–water partition coefficient (Wildman–Crippen LogP) is 3.49. The average Bonchev–Trinajstić information content (AvgIpc) is 2.65. The van der Waals surface area contributed by atoms with Crippen LogP contribution in [-0.4, -0.2) is 27.9 Å². The molecule has 0 spiro atoms. The van der Waals surface area contributed by atoms with Gasteiger partial charge in [-0.1, -0.05) is 13.8 Å². The lowest BCUT2D eigenvalue weighted by atomic mass is 10.1. The molecule has 2 aromatic heterocycles. The van der Waals surface area contributed by atoms with Gasteiger partial charge < -0.3 is 14.4 Å². The number of aliphatic hydroxyl groups is 1. The van der Waals surface area contributed by atoms with E-state index in [0.29, 0.717) is 24.9 Å². The van der Waals surface area contributed by atoms with Crippen LogP contribution in [0.3, 0.4) is 0 Å². The molecule has 0 aliphatic carbocycles. The first-order valence-corrected chi connectivity index (χ1v) is 7.24. The number of pyridine rings is 1. The summed E-state index contributed by atoms with van der Waals surface area (Å²) in [5, 5.41) is 10.4. The quantitative estimate of drug-likeness (QED) is 0.888. The van der Waals surface area contributed by atoms with Crippen molar-refractivity contribution in [1.29, 1.82) is 0 Å². The van der Waals surface area contributed by atoms with Gasteiger partial charge in [0.15, 0.2) is 0 Å². The molecule has 0 saturated heterocycles. The molecule has 2 rings (SSSR count). The van der Waals surface area contributed by atoms with Gasteiger partial charge in [-0.3, -0.25) is 0 Å². The monoisotopic (exact) mass is 312 g/mol. The molecular weight excluding hydrogens is 288 g/mol. The molecule has 0 amide bonds. The third-order valence-corrected chi connectivity index (χ3v) is 3.77. The smallest absolute Gasteiger partial charge is 0.238 e. The number of aryl methyl sites for hydroxylation is 1. The summed E-state index contributed by atoms with van der Waals surface area (Å²) in [4.78, 5) is 4.38. The molecule has 0 aliphatic heterocycles. The van der Waals surface area contributed by atoms with E-state index < -0.39 is 0 Å². The summed E-state index contributed by atoms with van der Waals surface area (Å²) in [6.07, 6.45) is 2.81. The number of hydrogen-bond acceptors (Lipinski definition) is 3. The maximum atomic E-state index is 9.27. The number of hydrogen-bond donors (Lipinski definition) is 1. The SMILES string of the molecule is Cc1c(C)n(CCO)c2c(OCCC(C)C)nccc12.Cl. The summed E-state index contributed by atoms with van der Waals surface area (Å²) in [7, 11) is 0. The van der Waals surface area contributed by atoms with Crippen molar-refractivity contribution < 1.29 is 9.84 Å². The number of aliphatic hydroxyl groups excluding tert-OH is 1. The summed E-state index contributed by atoms with van der Waals surface area (Å²) < 4.78 is 7.97.